The summed E-state index contributed by atoms with van der Waals surface area (Å²) < 4.78 is 5.10. The summed E-state index contributed by atoms with van der Waals surface area (Å²) in [5.41, 5.74) is 5.23. The summed E-state index contributed by atoms with van der Waals surface area (Å²) in [7, 11) is 0. The third kappa shape index (κ3) is 2.32. The van der Waals surface area contributed by atoms with E-state index in [1.54, 1.807) is 6.20 Å². The molecule has 5 rings (SSSR count). The van der Waals surface area contributed by atoms with Crippen molar-refractivity contribution in [3.63, 3.8) is 0 Å². The molecule has 0 saturated heterocycles. The molecule has 1 aromatic carbocycles. The molecule has 1 aliphatic rings. The lowest BCUT2D eigenvalue weighted by Gasteiger charge is -2.08. The first-order chi connectivity index (χ1) is 12.2. The topological polar surface area (TPSA) is 77.2 Å². The van der Waals surface area contributed by atoms with Crippen molar-refractivity contribution in [2.24, 2.45) is 0 Å². The predicted molar refractivity (Wildman–Crippen MR) is 95.5 cm³/mol. The minimum absolute atomic E-state index is 0.627. The van der Waals surface area contributed by atoms with Crippen molar-refractivity contribution in [1.29, 1.82) is 0 Å². The van der Waals surface area contributed by atoms with Crippen LogP contribution >= 0.6 is 15.9 Å². The lowest BCUT2D eigenvalue weighted by Crippen LogP contribution is -2.06. The van der Waals surface area contributed by atoms with Crippen LogP contribution in [0.25, 0.3) is 17.1 Å². The maximum atomic E-state index is 4.81. The molecule has 3 aromatic heterocycles. The zero-order valence-corrected chi connectivity index (χ0v) is 15.0. The Morgan fingerprint density at radius 2 is 2.20 bits per heavy atom. The molecule has 0 radical (unpaired) electrons. The van der Waals surface area contributed by atoms with Crippen molar-refractivity contribution in [2.45, 2.75) is 19.9 Å². The van der Waals surface area contributed by atoms with Gasteiger partial charge in [-0.05, 0) is 31.2 Å². The Balaban J connectivity index is 1.70. The molecule has 1 N–H and O–H groups in total. The van der Waals surface area contributed by atoms with Gasteiger partial charge in [0.15, 0.2) is 11.6 Å². The molecular formula is C17H14BrN7. The van der Waals surface area contributed by atoms with Crippen molar-refractivity contribution in [2.75, 3.05) is 0 Å². The fourth-order valence-electron chi connectivity index (χ4n) is 3.23. The number of H-pyrrole nitrogens is 1. The Hall–Kier alpha value is -2.74. The predicted octanol–water partition coefficient (Wildman–Crippen LogP) is 2.88. The third-order valence-electron chi connectivity index (χ3n) is 4.46. The fourth-order valence-corrected chi connectivity index (χ4v) is 3.59. The van der Waals surface area contributed by atoms with Gasteiger partial charge in [0.2, 0.25) is 0 Å². The van der Waals surface area contributed by atoms with Crippen LogP contribution in [0.15, 0.2) is 41.3 Å². The quantitative estimate of drug-likeness (QED) is 0.498. The average molecular weight is 396 g/mol. The van der Waals surface area contributed by atoms with Crippen LogP contribution in [-0.4, -0.2) is 34.5 Å². The number of aromatic nitrogens is 7. The highest BCUT2D eigenvalue weighted by Crippen LogP contribution is 2.33. The van der Waals surface area contributed by atoms with E-state index in [9.17, 15) is 0 Å². The molecular weight excluding hydrogens is 382 g/mol. The van der Waals surface area contributed by atoms with E-state index in [2.05, 4.69) is 47.8 Å². The van der Waals surface area contributed by atoms with Gasteiger partial charge >= 0.3 is 0 Å². The van der Waals surface area contributed by atoms with Crippen LogP contribution in [0.3, 0.4) is 0 Å². The number of fused-ring (bicyclic) bond motifs is 5. The molecule has 0 bridgehead atoms. The normalized spacial score (nSPS) is 12.4. The molecule has 0 aliphatic carbocycles. The second-order valence-electron chi connectivity index (χ2n) is 6.08. The van der Waals surface area contributed by atoms with Crippen molar-refractivity contribution in [3.8, 4) is 17.1 Å². The number of aryl methyl sites for hydroxylation is 1. The number of nitrogens with zero attached hydrogens (tertiary/aromatic N) is 6. The van der Waals surface area contributed by atoms with Gasteiger partial charge in [-0.25, -0.2) is 14.6 Å². The number of benzene rings is 1. The number of nitrogens with one attached hydrogen (secondary N) is 1. The van der Waals surface area contributed by atoms with Gasteiger partial charge in [0.05, 0.1) is 36.4 Å². The molecule has 0 saturated carbocycles. The first-order valence-corrected chi connectivity index (χ1v) is 8.73. The third-order valence-corrected chi connectivity index (χ3v) is 4.95. The number of halogens is 1. The van der Waals surface area contributed by atoms with Gasteiger partial charge < -0.3 is 4.57 Å². The Bertz CT molecular complexity index is 1070. The van der Waals surface area contributed by atoms with Crippen LogP contribution in [-0.2, 0) is 13.0 Å². The van der Waals surface area contributed by atoms with Crippen LogP contribution < -0.4 is 0 Å². The van der Waals surface area contributed by atoms with Gasteiger partial charge in [-0.15, -0.1) is 0 Å². The van der Waals surface area contributed by atoms with Crippen LogP contribution in [0.4, 0.5) is 0 Å². The van der Waals surface area contributed by atoms with Gasteiger partial charge in [-0.2, -0.15) is 10.2 Å². The summed E-state index contributed by atoms with van der Waals surface area (Å²) in [4.78, 5) is 9.29. The molecule has 0 fully saturated rings. The van der Waals surface area contributed by atoms with Crippen LogP contribution in [0.1, 0.15) is 22.9 Å². The number of hydrogen-bond acceptors (Lipinski definition) is 4. The lowest BCUT2D eigenvalue weighted by molar-refractivity contribution is 0.663. The summed E-state index contributed by atoms with van der Waals surface area (Å²) in [5.74, 6) is 1.64. The SMILES string of the molecule is Cc1ncn2c1Cn1nc(Cc3ccn[nH]3)nc1-c1cc(Br)ccc1-2. The summed E-state index contributed by atoms with van der Waals surface area (Å²) in [6, 6.07) is 8.15. The summed E-state index contributed by atoms with van der Waals surface area (Å²) >= 11 is 3.57. The second kappa shape index (κ2) is 5.38. The molecule has 0 atom stereocenters. The van der Waals surface area contributed by atoms with Crippen molar-refractivity contribution in [3.05, 3.63) is 64.2 Å². The molecule has 0 amide bonds. The maximum absolute atomic E-state index is 4.81. The van der Waals surface area contributed by atoms with E-state index in [-0.39, 0.29) is 0 Å². The average Bonchev–Trinajstić information content (AvgIpc) is 3.30. The van der Waals surface area contributed by atoms with E-state index < -0.39 is 0 Å². The summed E-state index contributed by atoms with van der Waals surface area (Å²) in [6.45, 7) is 2.67. The van der Waals surface area contributed by atoms with Crippen molar-refractivity contribution < 1.29 is 0 Å². The summed E-state index contributed by atoms with van der Waals surface area (Å²) in [5, 5.41) is 11.7. The van der Waals surface area contributed by atoms with E-state index in [4.69, 9.17) is 10.1 Å². The number of imidazole rings is 1. The van der Waals surface area contributed by atoms with Gasteiger partial charge in [-0.1, -0.05) is 15.9 Å². The molecule has 4 heterocycles. The lowest BCUT2D eigenvalue weighted by atomic mass is 10.1. The molecule has 0 unspecified atom stereocenters. The highest BCUT2D eigenvalue weighted by atomic mass is 79.9. The smallest absolute Gasteiger partial charge is 0.160 e. The molecule has 7 nitrogen and oxygen atoms in total. The highest BCUT2D eigenvalue weighted by molar-refractivity contribution is 9.10. The monoisotopic (exact) mass is 395 g/mol. The number of aromatic amines is 1. The summed E-state index contributed by atoms with van der Waals surface area (Å²) in [6.07, 6.45) is 4.24. The molecule has 1 aliphatic heterocycles. The van der Waals surface area contributed by atoms with E-state index in [1.165, 1.54) is 0 Å². The molecule has 124 valence electrons. The maximum Gasteiger partial charge on any atom is 0.160 e. The largest absolute Gasteiger partial charge is 0.300 e. The minimum atomic E-state index is 0.627. The fraction of sp³-hybridized carbons (Fsp3) is 0.176. The van der Waals surface area contributed by atoms with Crippen LogP contribution in [0, 0.1) is 6.92 Å². The van der Waals surface area contributed by atoms with Gasteiger partial charge in [-0.3, -0.25) is 5.10 Å². The molecule has 8 heteroatoms. The standard InChI is InChI=1S/C17H14BrN7/c1-10-15-8-25-17(21-16(23-25)7-12-4-5-20-22-12)13-6-11(18)2-3-14(13)24(15)9-19-10/h2-6,9H,7-8H2,1H3,(H,20,22). The van der Waals surface area contributed by atoms with Crippen LogP contribution in [0.2, 0.25) is 0 Å². The van der Waals surface area contributed by atoms with Gasteiger partial charge in [0.25, 0.3) is 0 Å². The molecule has 0 spiro atoms. The highest BCUT2D eigenvalue weighted by Gasteiger charge is 2.24. The number of rotatable bonds is 2. The van der Waals surface area contributed by atoms with Crippen LogP contribution in [0.5, 0.6) is 0 Å². The van der Waals surface area contributed by atoms with E-state index in [1.807, 2.05) is 30.1 Å². The Morgan fingerprint density at radius 1 is 1.28 bits per heavy atom. The van der Waals surface area contributed by atoms with Gasteiger partial charge in [0.1, 0.15) is 0 Å². The molecule has 4 aromatic rings. The Morgan fingerprint density at radius 3 is 3.04 bits per heavy atom. The van der Waals surface area contributed by atoms with Gasteiger partial charge in [0, 0.05) is 21.9 Å². The second-order valence-corrected chi connectivity index (χ2v) is 6.99. The zero-order valence-electron chi connectivity index (χ0n) is 13.4. The minimum Gasteiger partial charge on any atom is -0.300 e. The van der Waals surface area contributed by atoms with Crippen molar-refractivity contribution in [1.82, 2.24) is 34.5 Å². The Labute approximate surface area is 151 Å². The number of hydrogen-bond donors (Lipinski definition) is 1. The Kier molecular flexibility index (Phi) is 3.14. The first-order valence-electron chi connectivity index (χ1n) is 7.94. The van der Waals surface area contributed by atoms with Crippen molar-refractivity contribution >= 4 is 15.9 Å². The molecule has 25 heavy (non-hydrogen) atoms. The van der Waals surface area contributed by atoms with E-state index >= 15 is 0 Å². The first kappa shape index (κ1) is 14.6. The van der Waals surface area contributed by atoms with E-state index in [0.29, 0.717) is 13.0 Å². The van der Waals surface area contributed by atoms with E-state index in [0.717, 1.165) is 44.5 Å². The zero-order chi connectivity index (χ0) is 17.0.